The fraction of sp³-hybridized carbons (Fsp3) is 0.538. The first-order valence-corrected chi connectivity index (χ1v) is 6.63. The van der Waals surface area contributed by atoms with Crippen molar-refractivity contribution >= 4 is 11.9 Å². The quantitative estimate of drug-likeness (QED) is 0.384. The molecule has 2 rings (SSSR count). The molecular formula is C13H21N5O3. The smallest absolute Gasteiger partial charge is 0.215 e. The summed E-state index contributed by atoms with van der Waals surface area (Å²) in [5.74, 6) is 6.44. The number of aliphatic hydroxyl groups is 1. The van der Waals surface area contributed by atoms with E-state index in [0.717, 1.165) is 17.1 Å². The number of ether oxygens (including phenoxy) is 1. The third-order valence-electron chi connectivity index (χ3n) is 3.42. The molecular weight excluding hydrogens is 274 g/mol. The topological polar surface area (TPSA) is 106 Å². The molecule has 8 heteroatoms. The van der Waals surface area contributed by atoms with Crippen LogP contribution >= 0.6 is 0 Å². The first kappa shape index (κ1) is 15.6. The Hall–Kier alpha value is -1.74. The lowest BCUT2D eigenvalue weighted by Crippen LogP contribution is -2.59. The van der Waals surface area contributed by atoms with Crippen LogP contribution in [0.3, 0.4) is 0 Å². The lowest BCUT2D eigenvalue weighted by Gasteiger charge is -2.41. The van der Waals surface area contributed by atoms with Crippen LogP contribution in [0.5, 0.6) is 0 Å². The predicted octanol–water partition coefficient (Wildman–Crippen LogP) is 0.0545. The van der Waals surface area contributed by atoms with Crippen LogP contribution < -0.4 is 11.2 Å². The van der Waals surface area contributed by atoms with Crippen molar-refractivity contribution in [1.29, 1.82) is 0 Å². The average molecular weight is 295 g/mol. The Morgan fingerprint density at radius 1 is 1.57 bits per heavy atom. The zero-order valence-electron chi connectivity index (χ0n) is 12.4. The fourth-order valence-electron chi connectivity index (χ4n) is 2.11. The van der Waals surface area contributed by atoms with Crippen molar-refractivity contribution in [2.45, 2.75) is 26.3 Å². The monoisotopic (exact) mass is 295 g/mol. The van der Waals surface area contributed by atoms with Gasteiger partial charge in [-0.2, -0.15) is 5.90 Å². The first-order chi connectivity index (χ1) is 10.0. The molecule has 21 heavy (non-hydrogen) atoms. The van der Waals surface area contributed by atoms with E-state index >= 15 is 0 Å². The number of methoxy groups -OCH3 is 1. The Morgan fingerprint density at radius 2 is 2.29 bits per heavy atom. The van der Waals surface area contributed by atoms with Crippen molar-refractivity contribution in [2.24, 2.45) is 5.90 Å². The number of likely N-dealkylation sites (tertiary alicyclic amines) is 1. The van der Waals surface area contributed by atoms with Gasteiger partial charge >= 0.3 is 0 Å². The zero-order valence-corrected chi connectivity index (χ0v) is 12.4. The maximum Gasteiger partial charge on any atom is 0.215 e. The van der Waals surface area contributed by atoms with Crippen LogP contribution in [-0.2, 0) is 9.57 Å². The molecule has 2 heterocycles. The molecule has 1 aliphatic heterocycles. The van der Waals surface area contributed by atoms with Gasteiger partial charge in [-0.25, -0.2) is 9.97 Å². The number of nitrogens with one attached hydrogen (secondary N) is 1. The molecule has 8 nitrogen and oxygen atoms in total. The third-order valence-corrected chi connectivity index (χ3v) is 3.42. The predicted molar refractivity (Wildman–Crippen MR) is 77.7 cm³/mol. The Morgan fingerprint density at radius 3 is 2.90 bits per heavy atom. The molecule has 1 aromatic rings. The van der Waals surface area contributed by atoms with Crippen molar-refractivity contribution in [3.63, 3.8) is 0 Å². The molecule has 4 N–H and O–H groups in total. The number of nitrogens with two attached hydrogens (primary N) is 1. The highest BCUT2D eigenvalue weighted by molar-refractivity contribution is 5.58. The number of anilines is 1. The summed E-state index contributed by atoms with van der Waals surface area (Å²) in [5.41, 5.74) is 1.67. The van der Waals surface area contributed by atoms with E-state index in [1.807, 2.05) is 6.92 Å². The third kappa shape index (κ3) is 3.67. The van der Waals surface area contributed by atoms with Gasteiger partial charge in [-0.1, -0.05) is 0 Å². The van der Waals surface area contributed by atoms with Crippen molar-refractivity contribution in [2.75, 3.05) is 25.5 Å². The molecule has 0 amide bonds. The van der Waals surface area contributed by atoms with Crippen molar-refractivity contribution in [1.82, 2.24) is 14.9 Å². The molecule has 0 aliphatic carbocycles. The van der Waals surface area contributed by atoms with Crippen LogP contribution in [0.25, 0.3) is 6.08 Å². The Bertz CT molecular complexity index is 517. The maximum absolute atomic E-state index is 9.50. The molecule has 1 aromatic heterocycles. The molecule has 1 fully saturated rings. The molecule has 0 radical (unpaired) electrons. The van der Waals surface area contributed by atoms with Gasteiger partial charge in [0.2, 0.25) is 6.41 Å². The van der Waals surface area contributed by atoms with Crippen LogP contribution in [0.15, 0.2) is 12.1 Å². The lowest BCUT2D eigenvalue weighted by atomic mass is 10.1. The van der Waals surface area contributed by atoms with Gasteiger partial charge in [0, 0.05) is 31.8 Å². The van der Waals surface area contributed by atoms with Gasteiger partial charge in [0.1, 0.15) is 17.9 Å². The molecule has 0 aromatic carbocycles. The Balaban J connectivity index is 2.01. The molecule has 1 unspecified atom stereocenters. The van der Waals surface area contributed by atoms with E-state index in [4.69, 9.17) is 10.6 Å². The Kier molecular flexibility index (Phi) is 5.07. The summed E-state index contributed by atoms with van der Waals surface area (Å²) < 4.78 is 4.85. The van der Waals surface area contributed by atoms with E-state index in [2.05, 4.69) is 20.1 Å². The van der Waals surface area contributed by atoms with Crippen LogP contribution in [0.4, 0.5) is 5.82 Å². The van der Waals surface area contributed by atoms with E-state index < -0.39 is 6.41 Å². The number of hydrogen-bond donors (Lipinski definition) is 3. The summed E-state index contributed by atoms with van der Waals surface area (Å²) >= 11 is 0. The van der Waals surface area contributed by atoms with E-state index in [-0.39, 0.29) is 6.04 Å². The molecule has 0 bridgehead atoms. The molecule has 0 saturated carbocycles. The lowest BCUT2D eigenvalue weighted by molar-refractivity contribution is -0.197. The summed E-state index contributed by atoms with van der Waals surface area (Å²) in [7, 11) is 1.47. The molecule has 1 atom stereocenters. The van der Waals surface area contributed by atoms with Gasteiger partial charge in [0.25, 0.3) is 0 Å². The van der Waals surface area contributed by atoms with Crippen LogP contribution in [-0.4, -0.2) is 52.6 Å². The average Bonchev–Trinajstić information content (AvgIpc) is 2.45. The van der Waals surface area contributed by atoms with E-state index in [1.54, 1.807) is 17.9 Å². The minimum Gasteiger partial charge on any atom is -0.416 e. The molecule has 1 saturated heterocycles. The summed E-state index contributed by atoms with van der Waals surface area (Å²) in [6, 6.07) is 0.215. The second kappa shape index (κ2) is 6.81. The Labute approximate surface area is 123 Å². The number of nitrogens with zero attached hydrogens (tertiary/aromatic N) is 3. The number of rotatable bonds is 6. The maximum atomic E-state index is 9.50. The van der Waals surface area contributed by atoms with Gasteiger partial charge in [0.15, 0.2) is 0 Å². The molecule has 0 spiro atoms. The van der Waals surface area contributed by atoms with Gasteiger partial charge in [-0.15, -0.1) is 0 Å². The van der Waals surface area contributed by atoms with Crippen molar-refractivity contribution < 1.29 is 14.7 Å². The van der Waals surface area contributed by atoms with Gasteiger partial charge in [-0.05, 0) is 13.8 Å². The SMILES string of the molecule is COC(O)N1CC(Nc2ncnc(/C=C(\C)ON)c2C)C1. The first-order valence-electron chi connectivity index (χ1n) is 6.63. The minimum absolute atomic E-state index is 0.215. The van der Waals surface area contributed by atoms with Gasteiger partial charge in [-0.3, -0.25) is 4.90 Å². The zero-order chi connectivity index (χ0) is 15.4. The highest BCUT2D eigenvalue weighted by atomic mass is 16.6. The van der Waals surface area contributed by atoms with Gasteiger partial charge in [0.05, 0.1) is 11.7 Å². The van der Waals surface area contributed by atoms with Crippen LogP contribution in [0.2, 0.25) is 0 Å². The number of aromatic nitrogens is 2. The molecule has 116 valence electrons. The standard InChI is InChI=1S/C13H21N5O3/c1-8(21-14)4-11-9(2)12(16-7-15-11)17-10-5-18(6-10)13(19)20-3/h4,7,10,13,19H,5-6,14H2,1-3H3,(H,15,16,17)/b8-4+. The molecule has 1 aliphatic rings. The number of hydrogen-bond acceptors (Lipinski definition) is 8. The summed E-state index contributed by atoms with van der Waals surface area (Å²) in [6.45, 7) is 5.06. The van der Waals surface area contributed by atoms with Crippen LogP contribution in [0.1, 0.15) is 18.2 Å². The van der Waals surface area contributed by atoms with Crippen molar-refractivity contribution in [3.8, 4) is 0 Å². The summed E-state index contributed by atoms with van der Waals surface area (Å²) in [4.78, 5) is 14.9. The number of aliphatic hydroxyl groups excluding tert-OH is 1. The van der Waals surface area contributed by atoms with Crippen molar-refractivity contribution in [3.05, 3.63) is 23.3 Å². The van der Waals surface area contributed by atoms with E-state index in [9.17, 15) is 5.11 Å². The normalized spacial score (nSPS) is 18.2. The highest BCUT2D eigenvalue weighted by Gasteiger charge is 2.31. The number of allylic oxidation sites excluding steroid dienone is 1. The second-order valence-corrected chi connectivity index (χ2v) is 4.96. The minimum atomic E-state index is -0.850. The fourth-order valence-corrected chi connectivity index (χ4v) is 2.11. The largest absolute Gasteiger partial charge is 0.416 e. The highest BCUT2D eigenvalue weighted by Crippen LogP contribution is 2.20. The second-order valence-electron chi connectivity index (χ2n) is 4.96. The summed E-state index contributed by atoms with van der Waals surface area (Å²) in [5, 5.41) is 12.8. The van der Waals surface area contributed by atoms with E-state index in [1.165, 1.54) is 13.4 Å². The summed E-state index contributed by atoms with van der Waals surface area (Å²) in [6.07, 6.45) is 2.40. The van der Waals surface area contributed by atoms with E-state index in [0.29, 0.717) is 18.8 Å². The van der Waals surface area contributed by atoms with Crippen LogP contribution in [0, 0.1) is 6.92 Å². The van der Waals surface area contributed by atoms with Gasteiger partial charge < -0.3 is 20.0 Å².